The number of ether oxygens (including phenoxy) is 1. The van der Waals surface area contributed by atoms with Crippen molar-refractivity contribution in [2.24, 2.45) is 0 Å². The molecule has 100 valence electrons. The van der Waals surface area contributed by atoms with Crippen molar-refractivity contribution in [3.63, 3.8) is 0 Å². The van der Waals surface area contributed by atoms with E-state index in [1.165, 1.54) is 6.20 Å². The second-order valence-electron chi connectivity index (χ2n) is 3.37. The van der Waals surface area contributed by atoms with Crippen molar-refractivity contribution in [2.45, 2.75) is 25.1 Å². The number of carbonyl (C=O) groups is 1. The molecule has 1 heterocycles. The Morgan fingerprint density at radius 1 is 1.61 bits per heavy atom. The fraction of sp³-hybridized carbons (Fsp3) is 0.455. The first kappa shape index (κ1) is 15.7. The summed E-state index contributed by atoms with van der Waals surface area (Å²) in [4.78, 5) is 15.4. The van der Waals surface area contributed by atoms with Crippen molar-refractivity contribution < 1.29 is 18.3 Å². The Kier molecular flexibility index (Phi) is 6.40. The molecular weight excluding hydrogens is 423 g/mol. The summed E-state index contributed by atoms with van der Waals surface area (Å²) in [7, 11) is 0. The van der Waals surface area contributed by atoms with E-state index in [1.807, 2.05) is 22.6 Å². The Hall–Kier alpha value is -0.310. The molecule has 0 aliphatic heterocycles. The quantitative estimate of drug-likeness (QED) is 0.404. The maximum atomic E-state index is 13.0. The van der Waals surface area contributed by atoms with Crippen LogP contribution in [0.1, 0.15) is 30.2 Å². The van der Waals surface area contributed by atoms with Gasteiger partial charge in [0.1, 0.15) is 0 Å². The largest absolute Gasteiger partial charge is 0.466 e. The molecule has 18 heavy (non-hydrogen) atoms. The normalized spacial score (nSPS) is 10.8. The van der Waals surface area contributed by atoms with E-state index in [0.717, 1.165) is 0 Å². The van der Waals surface area contributed by atoms with E-state index < -0.39 is 12.4 Å². The molecule has 0 fully saturated rings. The van der Waals surface area contributed by atoms with Crippen molar-refractivity contribution in [1.29, 1.82) is 0 Å². The van der Waals surface area contributed by atoms with E-state index in [9.17, 15) is 13.6 Å². The lowest BCUT2D eigenvalue weighted by Gasteiger charge is -2.12. The smallest absolute Gasteiger partial charge is 0.310 e. The standard InChI is InChI=1S/C11H11BrF2INO2/c1-2-18-8(17)3-6-5-16-7(4-12)10(15)9(6)11(13)14/h5,11H,2-4H2,1H3. The highest BCUT2D eigenvalue weighted by atomic mass is 127. The van der Waals surface area contributed by atoms with Crippen LogP contribution in [0.5, 0.6) is 0 Å². The minimum absolute atomic E-state index is 0.131. The van der Waals surface area contributed by atoms with Crippen LogP contribution in [0.4, 0.5) is 8.78 Å². The number of hydrogen-bond donors (Lipinski definition) is 0. The number of aromatic nitrogens is 1. The van der Waals surface area contributed by atoms with Gasteiger partial charge in [-0.15, -0.1) is 0 Å². The van der Waals surface area contributed by atoms with Crippen LogP contribution in [-0.4, -0.2) is 17.6 Å². The predicted octanol–water partition coefficient (Wildman–Crippen LogP) is 3.62. The molecule has 0 atom stereocenters. The summed E-state index contributed by atoms with van der Waals surface area (Å²) >= 11 is 5.01. The van der Waals surface area contributed by atoms with Gasteiger partial charge in [-0.25, -0.2) is 8.78 Å². The Labute approximate surface area is 126 Å². The lowest BCUT2D eigenvalue weighted by atomic mass is 10.1. The highest BCUT2D eigenvalue weighted by molar-refractivity contribution is 14.1. The monoisotopic (exact) mass is 433 g/mol. The van der Waals surface area contributed by atoms with Crippen LogP contribution < -0.4 is 0 Å². The van der Waals surface area contributed by atoms with Gasteiger partial charge in [0.05, 0.1) is 18.7 Å². The predicted molar refractivity (Wildman–Crippen MR) is 74.9 cm³/mol. The molecule has 0 radical (unpaired) electrons. The van der Waals surface area contributed by atoms with Crippen molar-refractivity contribution in [3.8, 4) is 0 Å². The molecule has 0 unspecified atom stereocenters. The van der Waals surface area contributed by atoms with Crippen LogP contribution >= 0.6 is 38.5 Å². The van der Waals surface area contributed by atoms with Gasteiger partial charge >= 0.3 is 5.97 Å². The van der Waals surface area contributed by atoms with Crippen LogP contribution in [0.2, 0.25) is 0 Å². The fourth-order valence-electron chi connectivity index (χ4n) is 1.42. The third-order valence-corrected chi connectivity index (χ3v) is 3.93. The second kappa shape index (κ2) is 7.32. The number of nitrogens with zero attached hydrogens (tertiary/aromatic N) is 1. The van der Waals surface area contributed by atoms with Crippen LogP contribution in [-0.2, 0) is 21.3 Å². The molecular formula is C11H11BrF2INO2. The van der Waals surface area contributed by atoms with Crippen molar-refractivity contribution in [2.75, 3.05) is 6.61 Å². The topological polar surface area (TPSA) is 39.2 Å². The van der Waals surface area contributed by atoms with Gasteiger partial charge in [-0.2, -0.15) is 0 Å². The molecule has 0 aliphatic carbocycles. The van der Waals surface area contributed by atoms with Gasteiger partial charge in [0.25, 0.3) is 6.43 Å². The van der Waals surface area contributed by atoms with E-state index in [-0.39, 0.29) is 24.2 Å². The number of rotatable bonds is 5. The summed E-state index contributed by atoms with van der Waals surface area (Å²) in [6.07, 6.45) is -1.50. The SMILES string of the molecule is CCOC(=O)Cc1cnc(CBr)c(I)c1C(F)F. The van der Waals surface area contributed by atoms with Crippen LogP contribution in [0.3, 0.4) is 0 Å². The first-order chi connectivity index (χ1) is 8.51. The Bertz CT molecular complexity index is 443. The number of alkyl halides is 3. The first-order valence-electron chi connectivity index (χ1n) is 5.17. The summed E-state index contributed by atoms with van der Waals surface area (Å²) in [6.45, 7) is 1.90. The number of hydrogen-bond acceptors (Lipinski definition) is 3. The maximum absolute atomic E-state index is 13.0. The summed E-state index contributed by atoms with van der Waals surface area (Å²) in [5.41, 5.74) is 0.629. The van der Waals surface area contributed by atoms with Gasteiger partial charge < -0.3 is 4.74 Å². The number of pyridine rings is 1. The van der Waals surface area contributed by atoms with E-state index in [0.29, 0.717) is 14.6 Å². The van der Waals surface area contributed by atoms with Crippen molar-refractivity contribution in [3.05, 3.63) is 26.6 Å². The molecule has 0 spiro atoms. The van der Waals surface area contributed by atoms with Gasteiger partial charge in [0.2, 0.25) is 0 Å². The van der Waals surface area contributed by atoms with Gasteiger partial charge in [-0.05, 0) is 35.1 Å². The zero-order chi connectivity index (χ0) is 13.7. The van der Waals surface area contributed by atoms with Gasteiger partial charge in [0.15, 0.2) is 0 Å². The lowest BCUT2D eigenvalue weighted by Crippen LogP contribution is -2.12. The van der Waals surface area contributed by atoms with E-state index in [4.69, 9.17) is 4.74 Å². The molecule has 1 aromatic rings. The van der Waals surface area contributed by atoms with Gasteiger partial charge in [0, 0.05) is 20.7 Å². The Morgan fingerprint density at radius 3 is 2.78 bits per heavy atom. The van der Waals surface area contributed by atoms with Crippen molar-refractivity contribution in [1.82, 2.24) is 4.98 Å². The second-order valence-corrected chi connectivity index (χ2v) is 5.01. The average Bonchev–Trinajstić information content (AvgIpc) is 2.29. The third-order valence-electron chi connectivity index (χ3n) is 2.20. The highest BCUT2D eigenvalue weighted by Crippen LogP contribution is 2.30. The fourth-order valence-corrected chi connectivity index (χ4v) is 3.28. The number of carbonyl (C=O) groups excluding carboxylic acids is 1. The zero-order valence-electron chi connectivity index (χ0n) is 9.55. The summed E-state index contributed by atoms with van der Waals surface area (Å²) in [5, 5.41) is 0.394. The number of halogens is 4. The molecule has 0 aromatic carbocycles. The van der Waals surface area contributed by atoms with Gasteiger partial charge in [-0.1, -0.05) is 15.9 Å². The minimum Gasteiger partial charge on any atom is -0.466 e. The molecule has 0 amide bonds. The first-order valence-corrected chi connectivity index (χ1v) is 7.37. The molecule has 7 heteroatoms. The van der Waals surface area contributed by atoms with E-state index in [2.05, 4.69) is 20.9 Å². The van der Waals surface area contributed by atoms with Crippen molar-refractivity contribution >= 4 is 44.5 Å². The van der Waals surface area contributed by atoms with E-state index in [1.54, 1.807) is 6.92 Å². The molecule has 0 bridgehead atoms. The average molecular weight is 434 g/mol. The molecule has 3 nitrogen and oxygen atoms in total. The van der Waals surface area contributed by atoms with Crippen LogP contribution in [0, 0.1) is 3.57 Å². The Balaban J connectivity index is 3.11. The van der Waals surface area contributed by atoms with Crippen LogP contribution in [0.25, 0.3) is 0 Å². The molecule has 0 saturated heterocycles. The van der Waals surface area contributed by atoms with Crippen LogP contribution in [0.15, 0.2) is 6.20 Å². The molecule has 1 rings (SSSR count). The molecule has 1 aromatic heterocycles. The summed E-state index contributed by atoms with van der Waals surface area (Å²) in [5.74, 6) is -0.524. The zero-order valence-corrected chi connectivity index (χ0v) is 13.3. The number of esters is 1. The molecule has 0 N–H and O–H groups in total. The molecule has 0 aliphatic rings. The molecule has 0 saturated carbocycles. The maximum Gasteiger partial charge on any atom is 0.310 e. The highest BCUT2D eigenvalue weighted by Gasteiger charge is 2.21. The lowest BCUT2D eigenvalue weighted by molar-refractivity contribution is -0.142. The minimum atomic E-state index is -2.64. The van der Waals surface area contributed by atoms with E-state index >= 15 is 0 Å². The Morgan fingerprint density at radius 2 is 2.28 bits per heavy atom. The van der Waals surface area contributed by atoms with Gasteiger partial charge in [-0.3, -0.25) is 9.78 Å². The summed E-state index contributed by atoms with van der Waals surface area (Å²) < 4.78 is 31.2. The third kappa shape index (κ3) is 3.84. The summed E-state index contributed by atoms with van der Waals surface area (Å²) in [6, 6.07) is 0.